The Kier molecular flexibility index (Phi) is 4.08. The maximum absolute atomic E-state index is 13.3. The Morgan fingerprint density at radius 2 is 1.71 bits per heavy atom. The maximum atomic E-state index is 13.3. The lowest BCUT2D eigenvalue weighted by Crippen LogP contribution is -2.61. The molecular formula is C23H21N3O2. The number of hydrogen-bond donors (Lipinski definition) is 1. The van der Waals surface area contributed by atoms with Crippen LogP contribution < -0.4 is 10.2 Å². The number of hydrogen-bond acceptors (Lipinski definition) is 3. The summed E-state index contributed by atoms with van der Waals surface area (Å²) in [5, 5.41) is 4.87. The predicted molar refractivity (Wildman–Crippen MR) is 108 cm³/mol. The van der Waals surface area contributed by atoms with Crippen molar-refractivity contribution in [3.05, 3.63) is 72.6 Å². The number of carbonyl (C=O) groups is 2. The first kappa shape index (κ1) is 16.9. The molecule has 3 amide bonds. The number of anilines is 1. The molecule has 5 rings (SSSR count). The molecule has 1 aromatic heterocycles. The lowest BCUT2D eigenvalue weighted by molar-refractivity contribution is -0.124. The second-order valence-corrected chi connectivity index (χ2v) is 7.64. The van der Waals surface area contributed by atoms with Gasteiger partial charge in [-0.15, -0.1) is 0 Å². The van der Waals surface area contributed by atoms with E-state index in [-0.39, 0.29) is 23.9 Å². The first-order chi connectivity index (χ1) is 13.7. The topological polar surface area (TPSA) is 62.3 Å². The Labute approximate surface area is 163 Å². The van der Waals surface area contributed by atoms with Gasteiger partial charge in [0.1, 0.15) is 0 Å². The third-order valence-electron chi connectivity index (χ3n) is 6.06. The zero-order chi connectivity index (χ0) is 19.1. The van der Waals surface area contributed by atoms with E-state index in [9.17, 15) is 9.59 Å². The van der Waals surface area contributed by atoms with E-state index in [0.29, 0.717) is 11.6 Å². The summed E-state index contributed by atoms with van der Waals surface area (Å²) in [5.74, 6) is 0.0800. The fraction of sp³-hybridized carbons (Fsp3) is 0.261. The second-order valence-electron chi connectivity index (χ2n) is 7.64. The van der Waals surface area contributed by atoms with Gasteiger partial charge in [-0.05, 0) is 30.7 Å². The molecular weight excluding hydrogens is 350 g/mol. The smallest absolute Gasteiger partial charge is 0.329 e. The quantitative estimate of drug-likeness (QED) is 0.733. The normalized spacial score (nSPS) is 24.7. The highest BCUT2D eigenvalue weighted by molar-refractivity contribution is 6.20. The monoisotopic (exact) mass is 371 g/mol. The van der Waals surface area contributed by atoms with Crippen LogP contribution >= 0.6 is 0 Å². The van der Waals surface area contributed by atoms with Crippen molar-refractivity contribution < 1.29 is 9.59 Å². The molecule has 0 spiro atoms. The molecule has 3 unspecified atom stereocenters. The lowest BCUT2D eigenvalue weighted by atomic mass is 9.74. The van der Waals surface area contributed by atoms with Crippen LogP contribution in [0.15, 0.2) is 67.0 Å². The van der Waals surface area contributed by atoms with Crippen molar-refractivity contribution in [1.29, 1.82) is 0 Å². The first-order valence-corrected chi connectivity index (χ1v) is 9.74. The van der Waals surface area contributed by atoms with Crippen LogP contribution in [-0.2, 0) is 4.79 Å². The van der Waals surface area contributed by atoms with Gasteiger partial charge in [0, 0.05) is 23.0 Å². The standard InChI is InChI=1S/C23H21N3O2/c27-22-19-11-10-16(15-6-2-1-3-7-15)12-20(19)25-23(28)26(22)21-14-24-13-17-8-4-5-9-18(17)21/h1-9,13-14,16,19-20H,10-12H2,(H,25,28). The summed E-state index contributed by atoms with van der Waals surface area (Å²) in [6.45, 7) is 0. The van der Waals surface area contributed by atoms with Gasteiger partial charge in [-0.3, -0.25) is 9.78 Å². The Hall–Kier alpha value is -3.21. The van der Waals surface area contributed by atoms with Crippen LogP contribution in [0.4, 0.5) is 10.5 Å². The van der Waals surface area contributed by atoms with Gasteiger partial charge in [0.2, 0.25) is 5.91 Å². The fourth-order valence-electron chi connectivity index (χ4n) is 4.65. The number of imide groups is 1. The third-order valence-corrected chi connectivity index (χ3v) is 6.06. The number of fused-ring (bicyclic) bond motifs is 2. The second kappa shape index (κ2) is 6.75. The van der Waals surface area contributed by atoms with Crippen LogP contribution in [0, 0.1) is 5.92 Å². The average Bonchev–Trinajstić information content (AvgIpc) is 2.74. The van der Waals surface area contributed by atoms with E-state index in [1.165, 1.54) is 10.5 Å². The molecule has 28 heavy (non-hydrogen) atoms. The zero-order valence-corrected chi connectivity index (χ0v) is 15.4. The number of benzene rings is 2. The van der Waals surface area contributed by atoms with Crippen LogP contribution in [0.5, 0.6) is 0 Å². The van der Waals surface area contributed by atoms with Crippen LogP contribution in [0.25, 0.3) is 10.8 Å². The molecule has 3 atom stereocenters. The molecule has 1 saturated carbocycles. The molecule has 5 heteroatoms. The average molecular weight is 371 g/mol. The van der Waals surface area contributed by atoms with E-state index < -0.39 is 0 Å². The molecule has 1 aliphatic carbocycles. The van der Waals surface area contributed by atoms with Crippen molar-refractivity contribution in [2.24, 2.45) is 5.92 Å². The summed E-state index contributed by atoms with van der Waals surface area (Å²) in [6, 6.07) is 17.6. The predicted octanol–water partition coefficient (Wildman–Crippen LogP) is 4.24. The molecule has 140 valence electrons. The molecule has 0 radical (unpaired) electrons. The largest absolute Gasteiger partial charge is 0.334 e. The number of urea groups is 1. The zero-order valence-electron chi connectivity index (χ0n) is 15.4. The Bertz CT molecular complexity index is 1040. The van der Waals surface area contributed by atoms with Crippen molar-refractivity contribution in [2.75, 3.05) is 4.90 Å². The van der Waals surface area contributed by atoms with Gasteiger partial charge >= 0.3 is 6.03 Å². The van der Waals surface area contributed by atoms with Crippen LogP contribution in [0.3, 0.4) is 0 Å². The number of carbonyl (C=O) groups excluding carboxylic acids is 2. The highest BCUT2D eigenvalue weighted by atomic mass is 16.2. The minimum absolute atomic E-state index is 0.113. The van der Waals surface area contributed by atoms with E-state index in [0.717, 1.165) is 30.0 Å². The van der Waals surface area contributed by atoms with Gasteiger partial charge in [-0.2, -0.15) is 0 Å². The number of aromatic nitrogens is 1. The van der Waals surface area contributed by atoms with Gasteiger partial charge in [-0.1, -0.05) is 54.6 Å². The Morgan fingerprint density at radius 1 is 0.929 bits per heavy atom. The highest BCUT2D eigenvalue weighted by Crippen LogP contribution is 2.40. The molecule has 2 heterocycles. The Balaban J connectivity index is 1.45. The minimum atomic E-state index is -0.349. The van der Waals surface area contributed by atoms with E-state index in [2.05, 4.69) is 22.4 Å². The molecule has 1 N–H and O–H groups in total. The van der Waals surface area contributed by atoms with E-state index in [1.807, 2.05) is 42.5 Å². The van der Waals surface area contributed by atoms with Gasteiger partial charge < -0.3 is 5.32 Å². The minimum Gasteiger partial charge on any atom is -0.334 e. The van der Waals surface area contributed by atoms with Crippen LogP contribution in [0.2, 0.25) is 0 Å². The molecule has 2 aromatic carbocycles. The van der Waals surface area contributed by atoms with Gasteiger partial charge in [0.15, 0.2) is 0 Å². The first-order valence-electron chi connectivity index (χ1n) is 9.74. The summed E-state index contributed by atoms with van der Waals surface area (Å²) in [6.07, 6.45) is 5.88. The van der Waals surface area contributed by atoms with E-state index in [1.54, 1.807) is 12.4 Å². The van der Waals surface area contributed by atoms with Gasteiger partial charge in [0.25, 0.3) is 0 Å². The summed E-state index contributed by atoms with van der Waals surface area (Å²) in [5.41, 5.74) is 1.84. The van der Waals surface area contributed by atoms with Crippen LogP contribution in [-0.4, -0.2) is 23.0 Å². The third kappa shape index (κ3) is 2.74. The lowest BCUT2D eigenvalue weighted by Gasteiger charge is -2.42. The van der Waals surface area contributed by atoms with Crippen molar-refractivity contribution in [3.8, 4) is 0 Å². The summed E-state index contributed by atoms with van der Waals surface area (Å²) < 4.78 is 0. The Morgan fingerprint density at radius 3 is 2.57 bits per heavy atom. The molecule has 2 aliphatic rings. The number of nitrogens with one attached hydrogen (secondary N) is 1. The highest BCUT2D eigenvalue weighted by Gasteiger charge is 2.45. The van der Waals surface area contributed by atoms with Crippen molar-refractivity contribution >= 4 is 28.4 Å². The SMILES string of the molecule is O=C1NC2CC(c3ccccc3)CCC2C(=O)N1c1cncc2ccccc12. The number of nitrogens with zero attached hydrogens (tertiary/aromatic N) is 2. The van der Waals surface area contributed by atoms with E-state index in [4.69, 9.17) is 0 Å². The number of pyridine rings is 1. The number of rotatable bonds is 2. The molecule has 3 aromatic rings. The molecule has 2 fully saturated rings. The summed E-state index contributed by atoms with van der Waals surface area (Å²) in [7, 11) is 0. The summed E-state index contributed by atoms with van der Waals surface area (Å²) in [4.78, 5) is 31.7. The van der Waals surface area contributed by atoms with Crippen molar-refractivity contribution in [1.82, 2.24) is 10.3 Å². The fourth-order valence-corrected chi connectivity index (χ4v) is 4.65. The van der Waals surface area contributed by atoms with Crippen molar-refractivity contribution in [2.45, 2.75) is 31.2 Å². The molecule has 1 aliphatic heterocycles. The molecule has 5 nitrogen and oxygen atoms in total. The molecule has 1 saturated heterocycles. The maximum Gasteiger partial charge on any atom is 0.329 e. The number of amides is 3. The van der Waals surface area contributed by atoms with Gasteiger partial charge in [-0.25, -0.2) is 9.69 Å². The molecule has 0 bridgehead atoms. The van der Waals surface area contributed by atoms with Crippen LogP contribution in [0.1, 0.15) is 30.7 Å². The van der Waals surface area contributed by atoms with Gasteiger partial charge in [0.05, 0.1) is 17.8 Å². The van der Waals surface area contributed by atoms with E-state index >= 15 is 0 Å². The van der Waals surface area contributed by atoms with Crippen molar-refractivity contribution in [3.63, 3.8) is 0 Å². The summed E-state index contributed by atoms with van der Waals surface area (Å²) >= 11 is 0.